The first-order valence-corrected chi connectivity index (χ1v) is 16.5. The minimum Gasteiger partial charge on any atom is -0.309 e. The van der Waals surface area contributed by atoms with E-state index in [9.17, 15) is 10.5 Å². The number of nitrogens with zero attached hydrogens (tertiary/aromatic N) is 4. The first kappa shape index (κ1) is 29.8. The van der Waals surface area contributed by atoms with Crippen molar-refractivity contribution in [1.29, 1.82) is 10.5 Å². The fourth-order valence-electron chi connectivity index (χ4n) is 7.51. The Labute approximate surface area is 286 Å². The third-order valence-corrected chi connectivity index (χ3v) is 9.72. The van der Waals surface area contributed by atoms with Crippen LogP contribution in [0.5, 0.6) is 0 Å². The molecule has 0 radical (unpaired) electrons. The van der Waals surface area contributed by atoms with Crippen LogP contribution >= 0.6 is 0 Å². The second kappa shape index (κ2) is 12.2. The van der Waals surface area contributed by atoms with Gasteiger partial charge < -0.3 is 9.13 Å². The van der Waals surface area contributed by atoms with E-state index >= 15 is 0 Å². The Morgan fingerprint density at radius 1 is 0.714 bits per heavy atom. The highest BCUT2D eigenvalue weighted by Gasteiger charge is 2.23. The molecule has 5 aromatic carbocycles. The van der Waals surface area contributed by atoms with Gasteiger partial charge in [-0.25, -0.2) is 0 Å². The van der Waals surface area contributed by atoms with Crippen molar-refractivity contribution in [2.45, 2.75) is 19.8 Å². The van der Waals surface area contributed by atoms with Crippen LogP contribution in [0.15, 0.2) is 134 Å². The van der Waals surface area contributed by atoms with Crippen LogP contribution in [-0.4, -0.2) is 9.13 Å². The van der Waals surface area contributed by atoms with Gasteiger partial charge in [0, 0.05) is 38.9 Å². The first-order chi connectivity index (χ1) is 24.1. The minimum atomic E-state index is 0.566. The molecule has 8 rings (SSSR count). The highest BCUT2D eigenvalue weighted by Crippen LogP contribution is 2.40. The second-order valence-corrected chi connectivity index (χ2v) is 12.3. The Bertz CT molecular complexity index is 2550. The number of nitriles is 2. The van der Waals surface area contributed by atoms with Crippen LogP contribution in [0.2, 0.25) is 0 Å². The van der Waals surface area contributed by atoms with E-state index in [0.717, 1.165) is 74.0 Å². The lowest BCUT2D eigenvalue weighted by atomic mass is 9.91. The third-order valence-electron chi connectivity index (χ3n) is 9.72. The van der Waals surface area contributed by atoms with Gasteiger partial charge in [0.25, 0.3) is 0 Å². The van der Waals surface area contributed by atoms with Crippen molar-refractivity contribution in [2.75, 3.05) is 0 Å². The van der Waals surface area contributed by atoms with E-state index in [1.165, 1.54) is 16.8 Å². The molecule has 0 bridgehead atoms. The van der Waals surface area contributed by atoms with Gasteiger partial charge in [-0.05, 0) is 78.9 Å². The normalized spacial score (nSPS) is 12.3. The van der Waals surface area contributed by atoms with Crippen molar-refractivity contribution in [3.63, 3.8) is 0 Å². The predicted octanol–water partition coefficient (Wildman–Crippen LogP) is 11.1. The lowest BCUT2D eigenvalue weighted by Gasteiger charge is -2.19. The molecule has 0 unspecified atom stereocenters. The van der Waals surface area contributed by atoms with Gasteiger partial charge >= 0.3 is 0 Å². The minimum absolute atomic E-state index is 0.566. The molecule has 0 N–H and O–H groups in total. The molecule has 0 saturated heterocycles. The van der Waals surface area contributed by atoms with Crippen LogP contribution in [0.25, 0.3) is 67.6 Å². The fourth-order valence-corrected chi connectivity index (χ4v) is 7.51. The summed E-state index contributed by atoms with van der Waals surface area (Å²) in [6.45, 7) is 6.11. The van der Waals surface area contributed by atoms with E-state index in [-0.39, 0.29) is 0 Å². The summed E-state index contributed by atoms with van der Waals surface area (Å²) in [5, 5.41) is 23.4. The number of benzene rings is 5. The molecule has 0 spiro atoms. The van der Waals surface area contributed by atoms with Gasteiger partial charge in [-0.3, -0.25) is 0 Å². The average molecular weight is 629 g/mol. The molecule has 0 fully saturated rings. The molecule has 4 heteroatoms. The number of fused-ring (bicyclic) bond motifs is 4. The van der Waals surface area contributed by atoms with E-state index in [1.807, 2.05) is 66.7 Å². The predicted molar refractivity (Wildman–Crippen MR) is 202 cm³/mol. The summed E-state index contributed by atoms with van der Waals surface area (Å²) < 4.78 is 4.49. The molecule has 49 heavy (non-hydrogen) atoms. The Morgan fingerprint density at radius 2 is 1.41 bits per heavy atom. The van der Waals surface area contributed by atoms with Crippen LogP contribution < -0.4 is 0 Å². The maximum Gasteiger partial charge on any atom is 0.101 e. The summed E-state index contributed by atoms with van der Waals surface area (Å²) in [5.74, 6) is 0. The molecule has 0 atom stereocenters. The molecule has 4 nitrogen and oxygen atoms in total. The van der Waals surface area contributed by atoms with Gasteiger partial charge in [0.1, 0.15) is 12.1 Å². The van der Waals surface area contributed by atoms with Crippen LogP contribution in [0.3, 0.4) is 0 Å². The monoisotopic (exact) mass is 628 g/mol. The smallest absolute Gasteiger partial charge is 0.101 e. The summed E-state index contributed by atoms with van der Waals surface area (Å²) in [5.41, 5.74) is 13.4. The zero-order valence-corrected chi connectivity index (χ0v) is 27.2. The van der Waals surface area contributed by atoms with Gasteiger partial charge in [0.05, 0.1) is 33.5 Å². The zero-order valence-electron chi connectivity index (χ0n) is 27.2. The molecule has 7 aromatic rings. The molecule has 0 saturated carbocycles. The quantitative estimate of drug-likeness (QED) is 0.172. The maximum absolute atomic E-state index is 10.8. The molecule has 2 aromatic heterocycles. The Hall–Kier alpha value is -6.62. The summed E-state index contributed by atoms with van der Waals surface area (Å²) in [6, 6.07) is 41.9. The number of hydrogen-bond donors (Lipinski definition) is 0. The summed E-state index contributed by atoms with van der Waals surface area (Å²) >= 11 is 0. The highest BCUT2D eigenvalue weighted by molar-refractivity contribution is 6.09. The number of para-hydroxylation sites is 3. The van der Waals surface area contributed by atoms with E-state index in [4.69, 9.17) is 0 Å². The van der Waals surface area contributed by atoms with Crippen LogP contribution in [0.1, 0.15) is 40.1 Å². The van der Waals surface area contributed by atoms with Gasteiger partial charge in [0.2, 0.25) is 0 Å². The van der Waals surface area contributed by atoms with Crippen LogP contribution in [-0.2, 0) is 6.42 Å². The standard InChI is InChI=1S/C45H32N4/c1-3-4-20-40-30(2)33-14-5-9-21-41(33)48(40)42-22-10-6-15-36(42)35-19-13-18-34(39(35)29-47)31-25-26-32(28-46)45(27-31)49-43-23-11-7-16-37(43)38-17-8-12-24-44(38)49/h3-4,6-13,15-27H,1,5,14H2,2H3/b20-4-. The Balaban J connectivity index is 1.35. The molecule has 0 amide bonds. The topological polar surface area (TPSA) is 57.4 Å². The number of rotatable bonds is 6. The third kappa shape index (κ3) is 4.74. The summed E-state index contributed by atoms with van der Waals surface area (Å²) in [6.07, 6.45) is 12.4. The van der Waals surface area contributed by atoms with Crippen LogP contribution in [0.4, 0.5) is 0 Å². The van der Waals surface area contributed by atoms with Crippen molar-refractivity contribution >= 4 is 34.0 Å². The highest BCUT2D eigenvalue weighted by atomic mass is 15.0. The molecule has 1 aliphatic carbocycles. The van der Waals surface area contributed by atoms with Crippen molar-refractivity contribution in [2.24, 2.45) is 0 Å². The summed E-state index contributed by atoms with van der Waals surface area (Å²) in [7, 11) is 0. The van der Waals surface area contributed by atoms with E-state index in [2.05, 4.69) is 102 Å². The lowest BCUT2D eigenvalue weighted by molar-refractivity contribution is 0.953. The molecular formula is C45H32N4. The Morgan fingerprint density at radius 3 is 2.14 bits per heavy atom. The first-order valence-electron chi connectivity index (χ1n) is 16.5. The number of allylic oxidation sites excluding steroid dienone is 3. The maximum atomic E-state index is 10.8. The summed E-state index contributed by atoms with van der Waals surface area (Å²) in [4.78, 5) is 0. The van der Waals surface area contributed by atoms with Crippen LogP contribution in [0, 0.1) is 29.6 Å². The molecule has 1 aliphatic rings. The van der Waals surface area contributed by atoms with Gasteiger partial charge in [-0.15, -0.1) is 0 Å². The van der Waals surface area contributed by atoms with E-state index < -0.39 is 0 Å². The van der Waals surface area contributed by atoms with Crippen molar-refractivity contribution in [3.8, 4) is 45.8 Å². The zero-order chi connectivity index (χ0) is 33.5. The van der Waals surface area contributed by atoms with E-state index in [1.54, 1.807) is 6.08 Å². The van der Waals surface area contributed by atoms with Crippen molar-refractivity contribution in [1.82, 2.24) is 9.13 Å². The SMILES string of the molecule is C=C/C=C\c1c(C)c2c(n1-c1ccccc1-c1cccc(-c3ccc(C#N)c(-n4c5ccccc5c5ccccc54)c3)c1C#N)C=CCC2. The van der Waals surface area contributed by atoms with Crippen molar-refractivity contribution in [3.05, 3.63) is 168 Å². The van der Waals surface area contributed by atoms with E-state index in [0.29, 0.717) is 11.1 Å². The second-order valence-electron chi connectivity index (χ2n) is 12.3. The molecular weight excluding hydrogens is 597 g/mol. The van der Waals surface area contributed by atoms with Gasteiger partial charge in [-0.2, -0.15) is 10.5 Å². The van der Waals surface area contributed by atoms with Gasteiger partial charge in [0.15, 0.2) is 0 Å². The fraction of sp³-hybridized carbons (Fsp3) is 0.0667. The lowest BCUT2D eigenvalue weighted by Crippen LogP contribution is -2.04. The van der Waals surface area contributed by atoms with Gasteiger partial charge in [-0.1, -0.05) is 104 Å². The van der Waals surface area contributed by atoms with Crippen molar-refractivity contribution < 1.29 is 0 Å². The molecule has 2 heterocycles. The number of hydrogen-bond acceptors (Lipinski definition) is 2. The number of aromatic nitrogens is 2. The Kier molecular flexibility index (Phi) is 7.41. The molecule has 0 aliphatic heterocycles. The average Bonchev–Trinajstić information content (AvgIpc) is 3.64. The largest absolute Gasteiger partial charge is 0.309 e. The molecule has 232 valence electrons.